The molecule has 0 atom stereocenters. The van der Waals surface area contributed by atoms with E-state index in [2.05, 4.69) is 0 Å². The number of carbonyl (C=O) groups excluding carboxylic acids is 1. The van der Waals surface area contributed by atoms with E-state index in [9.17, 15) is 4.79 Å². The molecule has 4 saturated carbocycles. The molecule has 0 radical (unpaired) electrons. The van der Waals surface area contributed by atoms with Crippen molar-refractivity contribution in [3.8, 4) is 0 Å². The monoisotopic (exact) mass is 272 g/mol. The normalized spacial score (nSPS) is 40.4. The van der Waals surface area contributed by atoms with Crippen LogP contribution in [-0.2, 0) is 4.79 Å². The van der Waals surface area contributed by atoms with Crippen molar-refractivity contribution in [1.82, 2.24) is 4.90 Å². The van der Waals surface area contributed by atoms with Gasteiger partial charge in [0.2, 0.25) is 5.91 Å². The van der Waals surface area contributed by atoms with Gasteiger partial charge in [-0.15, -0.1) is 12.4 Å². The first-order chi connectivity index (χ1) is 8.19. The van der Waals surface area contributed by atoms with Gasteiger partial charge in [0.15, 0.2) is 0 Å². The lowest BCUT2D eigenvalue weighted by Gasteiger charge is -2.56. The predicted octanol–water partition coefficient (Wildman–Crippen LogP) is 2.04. The molecule has 0 saturated heterocycles. The maximum absolute atomic E-state index is 12.0. The SMILES string of the molecule is CN(C(=O)CCN)C1C2CC3CC(C2)CC1C3.Cl. The maximum atomic E-state index is 12.0. The largest absolute Gasteiger partial charge is 0.342 e. The highest BCUT2D eigenvalue weighted by atomic mass is 35.5. The molecular weight excluding hydrogens is 248 g/mol. The molecule has 0 heterocycles. The van der Waals surface area contributed by atoms with E-state index in [1.165, 1.54) is 32.1 Å². The molecule has 0 unspecified atom stereocenters. The molecule has 0 aromatic heterocycles. The second kappa shape index (κ2) is 5.38. The molecule has 0 aromatic carbocycles. The van der Waals surface area contributed by atoms with Crippen LogP contribution in [-0.4, -0.2) is 30.4 Å². The average Bonchev–Trinajstić information content (AvgIpc) is 2.27. The fraction of sp³-hybridized carbons (Fsp3) is 0.929. The molecule has 0 spiro atoms. The minimum atomic E-state index is 0. The fourth-order valence-corrected chi connectivity index (χ4v) is 4.99. The van der Waals surface area contributed by atoms with Crippen LogP contribution in [0.2, 0.25) is 0 Å². The molecule has 104 valence electrons. The van der Waals surface area contributed by atoms with Gasteiger partial charge in [-0.3, -0.25) is 4.79 Å². The summed E-state index contributed by atoms with van der Waals surface area (Å²) in [5.74, 6) is 3.79. The molecule has 4 rings (SSSR count). The van der Waals surface area contributed by atoms with Gasteiger partial charge in [-0.2, -0.15) is 0 Å². The Morgan fingerprint density at radius 1 is 1.11 bits per heavy atom. The van der Waals surface area contributed by atoms with Crippen LogP contribution in [0.15, 0.2) is 0 Å². The minimum Gasteiger partial charge on any atom is -0.342 e. The van der Waals surface area contributed by atoms with Gasteiger partial charge in [0.05, 0.1) is 0 Å². The number of nitrogens with zero attached hydrogens (tertiary/aromatic N) is 1. The zero-order valence-electron chi connectivity index (χ0n) is 11.2. The van der Waals surface area contributed by atoms with Crippen LogP contribution >= 0.6 is 12.4 Å². The Morgan fingerprint density at radius 2 is 1.61 bits per heavy atom. The van der Waals surface area contributed by atoms with Gasteiger partial charge >= 0.3 is 0 Å². The molecule has 0 aromatic rings. The van der Waals surface area contributed by atoms with Crippen LogP contribution in [0.25, 0.3) is 0 Å². The molecule has 4 aliphatic rings. The molecular formula is C14H25ClN2O. The molecule has 4 bridgehead atoms. The molecule has 18 heavy (non-hydrogen) atoms. The second-order valence-electron chi connectivity index (χ2n) is 6.46. The number of amides is 1. The van der Waals surface area contributed by atoms with Gasteiger partial charge in [-0.1, -0.05) is 0 Å². The van der Waals surface area contributed by atoms with Gasteiger partial charge < -0.3 is 10.6 Å². The molecule has 2 N–H and O–H groups in total. The van der Waals surface area contributed by atoms with E-state index in [1.54, 1.807) is 0 Å². The van der Waals surface area contributed by atoms with E-state index in [0.29, 0.717) is 19.0 Å². The van der Waals surface area contributed by atoms with E-state index in [1.807, 2.05) is 11.9 Å². The summed E-state index contributed by atoms with van der Waals surface area (Å²) in [4.78, 5) is 14.1. The van der Waals surface area contributed by atoms with Crippen molar-refractivity contribution in [2.45, 2.75) is 44.6 Å². The van der Waals surface area contributed by atoms with E-state index in [0.717, 1.165) is 23.7 Å². The standard InChI is InChI=1S/C14H24N2O.ClH/c1-16(13(17)2-3-15)14-11-5-9-4-10(7-11)8-12(14)6-9;/h9-12,14H,2-8,15H2,1H3;1H. The molecule has 0 aliphatic heterocycles. The highest BCUT2D eigenvalue weighted by Gasteiger charge is 2.50. The zero-order chi connectivity index (χ0) is 12.0. The molecule has 1 amide bonds. The van der Waals surface area contributed by atoms with Crippen LogP contribution in [0, 0.1) is 23.7 Å². The van der Waals surface area contributed by atoms with Gasteiger partial charge in [0.25, 0.3) is 0 Å². The number of halogens is 1. The Kier molecular flexibility index (Phi) is 4.22. The minimum absolute atomic E-state index is 0. The smallest absolute Gasteiger partial charge is 0.223 e. The average molecular weight is 273 g/mol. The third kappa shape index (κ3) is 2.27. The summed E-state index contributed by atoms with van der Waals surface area (Å²) in [7, 11) is 2.00. The van der Waals surface area contributed by atoms with Crippen LogP contribution in [0.3, 0.4) is 0 Å². The molecule has 4 heteroatoms. The van der Waals surface area contributed by atoms with E-state index in [4.69, 9.17) is 5.73 Å². The number of hydrogen-bond acceptors (Lipinski definition) is 2. The van der Waals surface area contributed by atoms with Crippen molar-refractivity contribution >= 4 is 18.3 Å². The third-order valence-corrected chi connectivity index (χ3v) is 5.38. The Hall–Kier alpha value is -0.280. The first-order valence-corrected chi connectivity index (χ1v) is 7.14. The van der Waals surface area contributed by atoms with Gasteiger partial charge in [0.1, 0.15) is 0 Å². The summed E-state index contributed by atoms with van der Waals surface area (Å²) in [5, 5.41) is 0. The van der Waals surface area contributed by atoms with Crippen LogP contribution in [0.1, 0.15) is 38.5 Å². The lowest BCUT2D eigenvalue weighted by molar-refractivity contribution is -0.140. The number of carbonyl (C=O) groups is 1. The topological polar surface area (TPSA) is 46.3 Å². The number of rotatable bonds is 3. The summed E-state index contributed by atoms with van der Waals surface area (Å²) in [6.07, 6.45) is 7.48. The zero-order valence-corrected chi connectivity index (χ0v) is 12.0. The van der Waals surface area contributed by atoms with Crippen molar-refractivity contribution < 1.29 is 4.79 Å². The van der Waals surface area contributed by atoms with Crippen molar-refractivity contribution in [1.29, 1.82) is 0 Å². The van der Waals surface area contributed by atoms with Crippen LogP contribution in [0.5, 0.6) is 0 Å². The van der Waals surface area contributed by atoms with Crippen molar-refractivity contribution in [2.75, 3.05) is 13.6 Å². The Labute approximate surface area is 116 Å². The number of nitrogens with two attached hydrogens (primary N) is 1. The van der Waals surface area contributed by atoms with Crippen molar-refractivity contribution in [2.24, 2.45) is 29.4 Å². The first kappa shape index (κ1) is 14.1. The summed E-state index contributed by atoms with van der Waals surface area (Å²) in [6.45, 7) is 0.483. The molecule has 3 nitrogen and oxygen atoms in total. The summed E-state index contributed by atoms with van der Waals surface area (Å²) < 4.78 is 0. The predicted molar refractivity (Wildman–Crippen MR) is 74.5 cm³/mol. The van der Waals surface area contributed by atoms with Gasteiger partial charge in [-0.25, -0.2) is 0 Å². The molecule has 4 fully saturated rings. The highest BCUT2D eigenvalue weighted by molar-refractivity contribution is 5.85. The summed E-state index contributed by atoms with van der Waals surface area (Å²) >= 11 is 0. The Morgan fingerprint density at radius 3 is 2.06 bits per heavy atom. The quantitative estimate of drug-likeness (QED) is 0.855. The van der Waals surface area contributed by atoms with E-state index >= 15 is 0 Å². The summed E-state index contributed by atoms with van der Waals surface area (Å²) in [5.41, 5.74) is 5.49. The Balaban J connectivity index is 0.00000120. The van der Waals surface area contributed by atoms with Crippen molar-refractivity contribution in [3.05, 3.63) is 0 Å². The Bertz CT molecular complexity index is 293. The van der Waals surface area contributed by atoms with Crippen LogP contribution in [0.4, 0.5) is 0 Å². The van der Waals surface area contributed by atoms with Gasteiger partial charge in [-0.05, 0) is 55.8 Å². The van der Waals surface area contributed by atoms with Gasteiger partial charge in [0, 0.05) is 26.1 Å². The van der Waals surface area contributed by atoms with Crippen LogP contribution < -0.4 is 5.73 Å². The lowest BCUT2D eigenvalue weighted by Crippen LogP contribution is -2.56. The third-order valence-electron chi connectivity index (χ3n) is 5.38. The van der Waals surface area contributed by atoms with Crippen molar-refractivity contribution in [3.63, 3.8) is 0 Å². The maximum Gasteiger partial charge on any atom is 0.223 e. The van der Waals surface area contributed by atoms with E-state index in [-0.39, 0.29) is 18.3 Å². The lowest BCUT2D eigenvalue weighted by atomic mass is 9.54. The molecule has 4 aliphatic carbocycles. The fourth-order valence-electron chi connectivity index (χ4n) is 4.99. The first-order valence-electron chi connectivity index (χ1n) is 7.14. The van der Waals surface area contributed by atoms with E-state index < -0.39 is 0 Å². The highest BCUT2D eigenvalue weighted by Crippen LogP contribution is 2.54. The second-order valence-corrected chi connectivity index (χ2v) is 6.46. The number of hydrogen-bond donors (Lipinski definition) is 1. The summed E-state index contributed by atoms with van der Waals surface area (Å²) in [6, 6.07) is 0.529.